The minimum atomic E-state index is -3.76. The Morgan fingerprint density at radius 2 is 1.92 bits per heavy atom. The minimum Gasteiger partial charge on any atom is -0.787 e. The number of hydrogen-bond acceptors (Lipinski definition) is 2. The lowest BCUT2D eigenvalue weighted by Crippen LogP contribution is -2.02. The van der Waals surface area contributed by atoms with Crippen LogP contribution in [0.4, 0.5) is 0 Å². The molecule has 66 valence electrons. The Balaban J connectivity index is 2.94. The molecule has 0 aromatic heterocycles. The number of halogens is 1. The van der Waals surface area contributed by atoms with Crippen molar-refractivity contribution in [2.24, 2.45) is 0 Å². The maximum atomic E-state index is 10.9. The van der Waals surface area contributed by atoms with E-state index in [-0.39, 0.29) is 0 Å². The molecule has 1 aromatic carbocycles. The van der Waals surface area contributed by atoms with Gasteiger partial charge in [-0.2, -0.15) is 0 Å². The summed E-state index contributed by atoms with van der Waals surface area (Å²) in [5.74, 6) is 0. The summed E-state index contributed by atoms with van der Waals surface area (Å²) in [6, 6.07) is 8.91. The van der Waals surface area contributed by atoms with Crippen LogP contribution in [0.1, 0.15) is 18.1 Å². The lowest BCUT2D eigenvalue weighted by atomic mass is 10.2. The quantitative estimate of drug-likeness (QED) is 0.693. The summed E-state index contributed by atoms with van der Waals surface area (Å²) in [4.78, 5) is 10.9. The van der Waals surface area contributed by atoms with Crippen molar-refractivity contribution in [2.75, 3.05) is 0 Å². The van der Waals surface area contributed by atoms with Crippen LogP contribution >= 0.6 is 18.0 Å². The molecule has 2 unspecified atom stereocenters. The third-order valence-electron chi connectivity index (χ3n) is 1.74. The molecule has 0 aliphatic carbocycles. The average molecular weight is 204 g/mol. The van der Waals surface area contributed by atoms with Gasteiger partial charge < -0.3 is 9.46 Å². The predicted molar refractivity (Wildman–Crippen MR) is 48.3 cm³/mol. The van der Waals surface area contributed by atoms with Crippen molar-refractivity contribution in [1.29, 1.82) is 0 Å². The zero-order valence-electron chi connectivity index (χ0n) is 6.61. The van der Waals surface area contributed by atoms with Gasteiger partial charge in [0.15, 0.2) is 0 Å². The SMILES string of the molecule is CC(c1ccccc1)P(=O)([O-])Cl. The normalized spacial score (nSPS) is 18.2. The molecule has 1 rings (SSSR count). The third kappa shape index (κ3) is 2.34. The second-order valence-corrected chi connectivity index (χ2v) is 5.84. The molecule has 0 heterocycles. The molecule has 2 nitrogen and oxygen atoms in total. The Morgan fingerprint density at radius 3 is 2.33 bits per heavy atom. The molecule has 0 aliphatic rings. The highest BCUT2D eigenvalue weighted by Crippen LogP contribution is 2.55. The van der Waals surface area contributed by atoms with Crippen LogP contribution in [0.25, 0.3) is 0 Å². The molecule has 1 aromatic rings. The Morgan fingerprint density at radius 1 is 1.42 bits per heavy atom. The van der Waals surface area contributed by atoms with Crippen LogP contribution in [0, 0.1) is 0 Å². The lowest BCUT2D eigenvalue weighted by molar-refractivity contribution is -0.170. The molecule has 0 spiro atoms. The van der Waals surface area contributed by atoms with Gasteiger partial charge in [0.2, 0.25) is 0 Å². The molecule has 4 heteroatoms. The lowest BCUT2D eigenvalue weighted by Gasteiger charge is -2.22. The zero-order valence-corrected chi connectivity index (χ0v) is 8.26. The fraction of sp³-hybridized carbons (Fsp3) is 0.250. The van der Waals surface area contributed by atoms with E-state index in [2.05, 4.69) is 0 Å². The molecule has 0 amide bonds. The van der Waals surface area contributed by atoms with Crippen molar-refractivity contribution in [3.05, 3.63) is 35.9 Å². The van der Waals surface area contributed by atoms with Gasteiger partial charge in [-0.3, -0.25) is 0 Å². The number of rotatable bonds is 2. The molecule has 0 saturated carbocycles. The van der Waals surface area contributed by atoms with Crippen LogP contribution in [0.2, 0.25) is 0 Å². The fourth-order valence-electron chi connectivity index (χ4n) is 0.910. The Bertz CT molecular complexity index is 293. The molecule has 0 fully saturated rings. The predicted octanol–water partition coefficient (Wildman–Crippen LogP) is 2.54. The highest BCUT2D eigenvalue weighted by Gasteiger charge is 2.15. The Hall–Kier alpha value is -0.300. The Kier molecular flexibility index (Phi) is 2.94. The van der Waals surface area contributed by atoms with Crippen LogP contribution in [0.5, 0.6) is 0 Å². The van der Waals surface area contributed by atoms with Gasteiger partial charge >= 0.3 is 0 Å². The molecule has 0 saturated heterocycles. The summed E-state index contributed by atoms with van der Waals surface area (Å²) >= 11 is 5.22. The zero-order chi connectivity index (χ0) is 9.19. The first-order valence-corrected chi connectivity index (χ1v) is 6.17. The van der Waals surface area contributed by atoms with Gasteiger partial charge in [0, 0.05) is 5.66 Å². The van der Waals surface area contributed by atoms with E-state index < -0.39 is 12.4 Å². The standard InChI is InChI=1S/C8H10ClO2P/c1-7(12(9,10)11)8-5-3-2-4-6-8/h2-7H,1H3,(H,10,11)/p-1. The molecular weight excluding hydrogens is 195 g/mol. The smallest absolute Gasteiger partial charge is 0.108 e. The first kappa shape index (κ1) is 9.79. The van der Waals surface area contributed by atoms with E-state index in [1.807, 2.05) is 6.07 Å². The van der Waals surface area contributed by atoms with Gasteiger partial charge in [-0.1, -0.05) is 48.5 Å². The number of hydrogen-bond donors (Lipinski definition) is 0. The van der Waals surface area contributed by atoms with Crippen molar-refractivity contribution in [3.63, 3.8) is 0 Å². The summed E-state index contributed by atoms with van der Waals surface area (Å²) in [5, 5.41) is 0. The van der Waals surface area contributed by atoms with Gasteiger partial charge in [-0.25, -0.2) is 0 Å². The summed E-state index contributed by atoms with van der Waals surface area (Å²) in [5.41, 5.74) is 0.117. The van der Waals surface area contributed by atoms with Crippen molar-refractivity contribution < 1.29 is 9.46 Å². The summed E-state index contributed by atoms with van der Waals surface area (Å²) in [7, 11) is 0. The summed E-state index contributed by atoms with van der Waals surface area (Å²) < 4.78 is 10.9. The van der Waals surface area contributed by atoms with Crippen LogP contribution in [-0.4, -0.2) is 0 Å². The monoisotopic (exact) mass is 203 g/mol. The summed E-state index contributed by atoms with van der Waals surface area (Å²) in [6.45, 7) is -2.18. The van der Waals surface area contributed by atoms with Crippen LogP contribution in [0.15, 0.2) is 30.3 Å². The van der Waals surface area contributed by atoms with E-state index in [0.29, 0.717) is 0 Å². The van der Waals surface area contributed by atoms with Crippen molar-refractivity contribution in [2.45, 2.75) is 12.6 Å². The second kappa shape index (κ2) is 3.61. The molecule has 12 heavy (non-hydrogen) atoms. The van der Waals surface area contributed by atoms with Gasteiger partial charge in [-0.15, -0.1) is 0 Å². The van der Waals surface area contributed by atoms with Gasteiger partial charge in [-0.05, 0) is 5.56 Å². The Labute approximate surface area is 76.4 Å². The van der Waals surface area contributed by atoms with Gasteiger partial charge in [0.25, 0.3) is 0 Å². The summed E-state index contributed by atoms with van der Waals surface area (Å²) in [6.07, 6.45) is 0. The number of benzene rings is 1. The molecule has 0 N–H and O–H groups in total. The van der Waals surface area contributed by atoms with E-state index in [4.69, 9.17) is 11.2 Å². The maximum Gasteiger partial charge on any atom is 0.108 e. The van der Waals surface area contributed by atoms with Crippen molar-refractivity contribution in [1.82, 2.24) is 0 Å². The fourth-order valence-corrected chi connectivity index (χ4v) is 1.78. The second-order valence-electron chi connectivity index (χ2n) is 2.61. The molecule has 2 atom stereocenters. The third-order valence-corrected chi connectivity index (χ3v) is 3.85. The largest absolute Gasteiger partial charge is 0.787 e. The molecule has 0 aliphatic heterocycles. The molecule has 0 bridgehead atoms. The van der Waals surface area contributed by atoms with E-state index in [1.54, 1.807) is 31.2 Å². The van der Waals surface area contributed by atoms with E-state index in [0.717, 1.165) is 5.56 Å². The van der Waals surface area contributed by atoms with Crippen LogP contribution < -0.4 is 4.89 Å². The van der Waals surface area contributed by atoms with Gasteiger partial charge in [0.05, 0.1) is 0 Å². The van der Waals surface area contributed by atoms with Crippen molar-refractivity contribution >= 4 is 18.0 Å². The maximum absolute atomic E-state index is 10.9. The average Bonchev–Trinajstić information content (AvgIpc) is 2.03. The topological polar surface area (TPSA) is 40.1 Å². The minimum absolute atomic E-state index is 0.611. The molecule has 0 radical (unpaired) electrons. The molecular formula is C8H9ClO2P-. The highest BCUT2D eigenvalue weighted by molar-refractivity contribution is 7.83. The van der Waals surface area contributed by atoms with Crippen molar-refractivity contribution in [3.8, 4) is 0 Å². The van der Waals surface area contributed by atoms with E-state index in [9.17, 15) is 9.46 Å². The first-order chi connectivity index (χ1) is 5.52. The van der Waals surface area contributed by atoms with E-state index in [1.165, 1.54) is 0 Å². The highest BCUT2D eigenvalue weighted by atomic mass is 35.7. The van der Waals surface area contributed by atoms with Crippen LogP contribution in [-0.2, 0) is 4.57 Å². The van der Waals surface area contributed by atoms with E-state index >= 15 is 0 Å². The van der Waals surface area contributed by atoms with Gasteiger partial charge in [0.1, 0.15) is 6.72 Å². The first-order valence-electron chi connectivity index (χ1n) is 3.57. The van der Waals surface area contributed by atoms with Crippen LogP contribution in [0.3, 0.4) is 0 Å².